The number of carbonyl (C=O) groups excluding carboxylic acids is 1. The molecule has 3 rings (SSSR count). The lowest BCUT2D eigenvalue weighted by Gasteiger charge is -2.20. The molecule has 0 aliphatic carbocycles. The molecule has 0 saturated carbocycles. The van der Waals surface area contributed by atoms with Gasteiger partial charge >= 0.3 is 0 Å². The van der Waals surface area contributed by atoms with Crippen LogP contribution in [0.1, 0.15) is 27.5 Å². The van der Waals surface area contributed by atoms with Gasteiger partial charge in [-0.3, -0.25) is 9.78 Å². The number of hydrogen-bond donors (Lipinski definition) is 2. The van der Waals surface area contributed by atoms with E-state index in [2.05, 4.69) is 15.3 Å². The highest BCUT2D eigenvalue weighted by molar-refractivity contribution is 5.98. The summed E-state index contributed by atoms with van der Waals surface area (Å²) < 4.78 is 13.2. The van der Waals surface area contributed by atoms with Crippen molar-refractivity contribution in [3.63, 3.8) is 0 Å². The van der Waals surface area contributed by atoms with E-state index in [9.17, 15) is 9.18 Å². The van der Waals surface area contributed by atoms with Crippen LogP contribution in [0, 0.1) is 5.82 Å². The van der Waals surface area contributed by atoms with Gasteiger partial charge in [-0.1, -0.05) is 12.1 Å². The molecule has 2 heterocycles. The first-order valence-corrected chi connectivity index (χ1v) is 7.32. The Hall–Kier alpha value is -3.28. The van der Waals surface area contributed by atoms with Crippen molar-refractivity contribution in [2.75, 3.05) is 5.73 Å². The Kier molecular flexibility index (Phi) is 4.47. The summed E-state index contributed by atoms with van der Waals surface area (Å²) in [7, 11) is 0. The van der Waals surface area contributed by atoms with Gasteiger partial charge in [0.15, 0.2) is 0 Å². The van der Waals surface area contributed by atoms with Crippen molar-refractivity contribution >= 4 is 11.7 Å². The van der Waals surface area contributed by atoms with E-state index >= 15 is 0 Å². The van der Waals surface area contributed by atoms with Gasteiger partial charge in [-0.25, -0.2) is 9.37 Å². The minimum Gasteiger partial charge on any atom is -0.383 e. The summed E-state index contributed by atoms with van der Waals surface area (Å²) in [6, 6.07) is 12.3. The SMILES string of the molecule is Nc1ncccc1C(=O)NC(c1ccncc1)c1ccc(F)cc1. The van der Waals surface area contributed by atoms with Gasteiger partial charge in [0.05, 0.1) is 11.6 Å². The molecule has 3 N–H and O–H groups in total. The molecule has 6 heteroatoms. The zero-order chi connectivity index (χ0) is 16.9. The topological polar surface area (TPSA) is 80.9 Å². The molecule has 0 aliphatic heterocycles. The molecule has 1 amide bonds. The predicted octanol–water partition coefficient (Wildman–Crippen LogP) is 2.72. The number of nitrogens with one attached hydrogen (secondary N) is 1. The van der Waals surface area contributed by atoms with Gasteiger partial charge in [-0.2, -0.15) is 0 Å². The van der Waals surface area contributed by atoms with E-state index in [1.807, 2.05) is 0 Å². The number of rotatable bonds is 4. The predicted molar refractivity (Wildman–Crippen MR) is 88.6 cm³/mol. The highest BCUT2D eigenvalue weighted by atomic mass is 19.1. The number of halogens is 1. The molecule has 0 saturated heterocycles. The van der Waals surface area contributed by atoms with Crippen LogP contribution in [0.4, 0.5) is 10.2 Å². The monoisotopic (exact) mass is 322 g/mol. The normalized spacial score (nSPS) is 11.7. The molecule has 0 radical (unpaired) electrons. The fourth-order valence-electron chi connectivity index (χ4n) is 2.39. The summed E-state index contributed by atoms with van der Waals surface area (Å²) in [6.07, 6.45) is 4.79. The second-order valence-electron chi connectivity index (χ2n) is 5.17. The van der Waals surface area contributed by atoms with E-state index < -0.39 is 6.04 Å². The Balaban J connectivity index is 1.95. The number of nitrogen functional groups attached to an aromatic ring is 1. The zero-order valence-electron chi connectivity index (χ0n) is 12.7. The lowest BCUT2D eigenvalue weighted by atomic mass is 9.99. The van der Waals surface area contributed by atoms with Gasteiger partial charge in [-0.15, -0.1) is 0 Å². The van der Waals surface area contributed by atoms with E-state index in [0.29, 0.717) is 5.56 Å². The summed E-state index contributed by atoms with van der Waals surface area (Å²) in [6.45, 7) is 0. The Morgan fingerprint density at radius 3 is 2.33 bits per heavy atom. The third-order valence-electron chi connectivity index (χ3n) is 3.60. The number of pyridine rings is 2. The van der Waals surface area contributed by atoms with Crippen LogP contribution < -0.4 is 11.1 Å². The standard InChI is InChI=1S/C18H15FN4O/c19-14-5-3-12(4-6-14)16(13-7-10-21-11-8-13)23-18(24)15-2-1-9-22-17(15)20/h1-11,16H,(H2,20,22)(H,23,24). The maximum Gasteiger partial charge on any atom is 0.255 e. The summed E-state index contributed by atoms with van der Waals surface area (Å²) in [5, 5.41) is 2.92. The van der Waals surface area contributed by atoms with Crippen molar-refractivity contribution in [2.45, 2.75) is 6.04 Å². The van der Waals surface area contributed by atoms with Gasteiger partial charge in [-0.05, 0) is 47.5 Å². The average Bonchev–Trinajstić information content (AvgIpc) is 2.61. The van der Waals surface area contributed by atoms with Crippen molar-refractivity contribution in [2.24, 2.45) is 0 Å². The van der Waals surface area contributed by atoms with E-state index in [4.69, 9.17) is 5.73 Å². The number of aromatic nitrogens is 2. The van der Waals surface area contributed by atoms with E-state index in [0.717, 1.165) is 11.1 Å². The number of anilines is 1. The lowest BCUT2D eigenvalue weighted by Crippen LogP contribution is -2.30. The minimum absolute atomic E-state index is 0.155. The van der Waals surface area contributed by atoms with Crippen molar-refractivity contribution in [1.29, 1.82) is 0 Å². The van der Waals surface area contributed by atoms with Gasteiger partial charge in [0, 0.05) is 18.6 Å². The smallest absolute Gasteiger partial charge is 0.255 e. The molecular formula is C18H15FN4O. The summed E-state index contributed by atoms with van der Waals surface area (Å²) in [5.74, 6) is -0.538. The third-order valence-corrected chi connectivity index (χ3v) is 3.60. The highest BCUT2D eigenvalue weighted by Crippen LogP contribution is 2.23. The quantitative estimate of drug-likeness (QED) is 0.774. The zero-order valence-corrected chi connectivity index (χ0v) is 12.7. The summed E-state index contributed by atoms with van der Waals surface area (Å²) >= 11 is 0. The lowest BCUT2D eigenvalue weighted by molar-refractivity contribution is 0.0943. The van der Waals surface area contributed by atoms with Crippen LogP contribution in [0.25, 0.3) is 0 Å². The van der Waals surface area contributed by atoms with Gasteiger partial charge in [0.2, 0.25) is 0 Å². The van der Waals surface area contributed by atoms with Crippen molar-refractivity contribution in [3.8, 4) is 0 Å². The second-order valence-corrected chi connectivity index (χ2v) is 5.17. The average molecular weight is 322 g/mol. The minimum atomic E-state index is -0.458. The van der Waals surface area contributed by atoms with Crippen LogP contribution in [0.3, 0.4) is 0 Å². The van der Waals surface area contributed by atoms with E-state index in [1.165, 1.54) is 18.3 Å². The maximum absolute atomic E-state index is 13.2. The number of hydrogen-bond acceptors (Lipinski definition) is 4. The van der Waals surface area contributed by atoms with Crippen LogP contribution in [-0.2, 0) is 0 Å². The van der Waals surface area contributed by atoms with Crippen LogP contribution in [-0.4, -0.2) is 15.9 Å². The third kappa shape index (κ3) is 3.38. The number of benzene rings is 1. The molecule has 1 aromatic carbocycles. The largest absolute Gasteiger partial charge is 0.383 e. The second kappa shape index (κ2) is 6.87. The Labute approximate surface area is 138 Å². The van der Waals surface area contributed by atoms with E-state index in [1.54, 1.807) is 48.8 Å². The number of nitrogens with zero attached hydrogens (tertiary/aromatic N) is 2. The molecule has 0 aliphatic rings. The van der Waals surface area contributed by atoms with Gasteiger partial charge in [0.25, 0.3) is 5.91 Å². The molecule has 0 fully saturated rings. The molecule has 2 aromatic heterocycles. The van der Waals surface area contributed by atoms with E-state index in [-0.39, 0.29) is 17.5 Å². The summed E-state index contributed by atoms with van der Waals surface area (Å²) in [5.41, 5.74) is 7.63. The first kappa shape index (κ1) is 15.6. The molecule has 0 spiro atoms. The molecule has 5 nitrogen and oxygen atoms in total. The molecule has 1 unspecified atom stereocenters. The maximum atomic E-state index is 13.2. The van der Waals surface area contributed by atoms with Crippen molar-refractivity contribution < 1.29 is 9.18 Å². The Bertz CT molecular complexity index is 837. The highest BCUT2D eigenvalue weighted by Gasteiger charge is 2.19. The first-order chi connectivity index (χ1) is 11.6. The molecule has 3 aromatic rings. The molecule has 24 heavy (non-hydrogen) atoms. The van der Waals surface area contributed by atoms with Crippen molar-refractivity contribution in [3.05, 3.63) is 89.6 Å². The number of nitrogens with two attached hydrogens (primary N) is 1. The Morgan fingerprint density at radius 2 is 1.67 bits per heavy atom. The molecule has 0 bridgehead atoms. The fraction of sp³-hybridized carbons (Fsp3) is 0.0556. The first-order valence-electron chi connectivity index (χ1n) is 7.32. The fourth-order valence-corrected chi connectivity index (χ4v) is 2.39. The molecule has 1 atom stereocenters. The van der Waals surface area contributed by atoms with Crippen LogP contribution in [0.2, 0.25) is 0 Å². The Morgan fingerprint density at radius 1 is 1.00 bits per heavy atom. The van der Waals surface area contributed by atoms with Crippen LogP contribution in [0.5, 0.6) is 0 Å². The van der Waals surface area contributed by atoms with Crippen LogP contribution >= 0.6 is 0 Å². The van der Waals surface area contributed by atoms with Crippen LogP contribution in [0.15, 0.2) is 67.1 Å². The number of amides is 1. The molecular weight excluding hydrogens is 307 g/mol. The molecule has 120 valence electrons. The van der Waals surface area contributed by atoms with Gasteiger partial charge < -0.3 is 11.1 Å². The number of carbonyl (C=O) groups is 1. The van der Waals surface area contributed by atoms with Crippen molar-refractivity contribution in [1.82, 2.24) is 15.3 Å². The summed E-state index contributed by atoms with van der Waals surface area (Å²) in [4.78, 5) is 20.5. The van der Waals surface area contributed by atoms with Gasteiger partial charge in [0.1, 0.15) is 11.6 Å².